The summed E-state index contributed by atoms with van der Waals surface area (Å²) in [4.78, 5) is 11.7. The van der Waals surface area contributed by atoms with Gasteiger partial charge in [0.1, 0.15) is 6.61 Å². The van der Waals surface area contributed by atoms with Crippen molar-refractivity contribution in [1.82, 2.24) is 0 Å². The van der Waals surface area contributed by atoms with E-state index in [-0.39, 0.29) is 18.4 Å². The van der Waals surface area contributed by atoms with Crippen LogP contribution < -0.4 is 5.32 Å². The van der Waals surface area contributed by atoms with E-state index in [0.717, 1.165) is 23.2 Å². The van der Waals surface area contributed by atoms with Crippen LogP contribution in [0.25, 0.3) is 0 Å². The molecule has 0 fully saturated rings. The smallest absolute Gasteiger partial charge is 0.227 e. The Morgan fingerprint density at radius 2 is 2.22 bits per heavy atom. The van der Waals surface area contributed by atoms with Crippen LogP contribution in [0.1, 0.15) is 31.4 Å². The molecular weight excluding hydrogens is 226 g/mol. The van der Waals surface area contributed by atoms with E-state index >= 15 is 0 Å². The highest BCUT2D eigenvalue weighted by Gasteiger charge is 2.10. The number of carbonyl (C=O) groups is 1. The van der Waals surface area contributed by atoms with Crippen molar-refractivity contribution in [1.29, 1.82) is 0 Å². The number of nitrogens with one attached hydrogen (secondary N) is 1. The minimum Gasteiger partial charge on any atom is -0.384 e. The van der Waals surface area contributed by atoms with E-state index in [2.05, 4.69) is 17.2 Å². The van der Waals surface area contributed by atoms with Crippen molar-refractivity contribution in [3.63, 3.8) is 0 Å². The molecule has 0 aliphatic carbocycles. The van der Waals surface area contributed by atoms with Crippen LogP contribution in [0.15, 0.2) is 18.2 Å². The molecule has 0 bridgehead atoms. The van der Waals surface area contributed by atoms with Gasteiger partial charge in [0.2, 0.25) is 5.91 Å². The molecule has 0 heterocycles. The summed E-state index contributed by atoms with van der Waals surface area (Å²) < 4.78 is 0. The van der Waals surface area contributed by atoms with E-state index in [0.29, 0.717) is 0 Å². The topological polar surface area (TPSA) is 49.3 Å². The number of carbonyl (C=O) groups excluding carboxylic acids is 1. The number of rotatable bonds is 3. The van der Waals surface area contributed by atoms with Crippen molar-refractivity contribution < 1.29 is 9.90 Å². The second-order valence-electron chi connectivity index (χ2n) is 4.29. The number of aliphatic hydroxyl groups is 1. The van der Waals surface area contributed by atoms with Gasteiger partial charge in [-0.05, 0) is 37.1 Å². The zero-order valence-corrected chi connectivity index (χ0v) is 11.1. The number of benzene rings is 1. The molecule has 3 heteroatoms. The maximum atomic E-state index is 11.7. The van der Waals surface area contributed by atoms with Gasteiger partial charge in [0.25, 0.3) is 0 Å². The molecule has 96 valence electrons. The van der Waals surface area contributed by atoms with Crippen LogP contribution in [0.3, 0.4) is 0 Å². The van der Waals surface area contributed by atoms with E-state index in [4.69, 9.17) is 5.11 Å². The van der Waals surface area contributed by atoms with Crippen LogP contribution in [0, 0.1) is 24.7 Å². The maximum Gasteiger partial charge on any atom is 0.227 e. The number of anilines is 1. The zero-order chi connectivity index (χ0) is 13.5. The Balaban J connectivity index is 2.82. The average Bonchev–Trinajstić information content (AvgIpc) is 2.36. The van der Waals surface area contributed by atoms with Gasteiger partial charge in [-0.25, -0.2) is 0 Å². The van der Waals surface area contributed by atoms with Crippen LogP contribution in [-0.2, 0) is 4.79 Å². The summed E-state index contributed by atoms with van der Waals surface area (Å²) in [5.41, 5.74) is 2.64. The Labute approximate surface area is 108 Å². The standard InChI is InChI=1S/C15H19NO2/c1-4-11(2)15(18)16-14-8-7-13(6-5-9-17)12(3)10-14/h7-8,10-11,17H,4,9H2,1-3H3,(H,16,18). The molecular formula is C15H19NO2. The molecule has 1 aromatic carbocycles. The molecule has 18 heavy (non-hydrogen) atoms. The second kappa shape index (κ2) is 6.83. The average molecular weight is 245 g/mol. The van der Waals surface area contributed by atoms with E-state index < -0.39 is 0 Å². The molecule has 0 spiro atoms. The third-order valence-corrected chi connectivity index (χ3v) is 2.86. The minimum atomic E-state index is -0.147. The molecule has 2 N–H and O–H groups in total. The second-order valence-corrected chi connectivity index (χ2v) is 4.29. The van der Waals surface area contributed by atoms with E-state index in [9.17, 15) is 4.79 Å². The Morgan fingerprint density at radius 1 is 1.50 bits per heavy atom. The summed E-state index contributed by atoms with van der Waals surface area (Å²) in [7, 11) is 0. The van der Waals surface area contributed by atoms with Gasteiger partial charge in [-0.3, -0.25) is 4.79 Å². The summed E-state index contributed by atoms with van der Waals surface area (Å²) in [5.74, 6) is 5.52. The number of aliphatic hydroxyl groups excluding tert-OH is 1. The third kappa shape index (κ3) is 3.90. The summed E-state index contributed by atoms with van der Waals surface area (Å²) in [6.07, 6.45) is 0.824. The molecule has 0 aliphatic heterocycles. The lowest BCUT2D eigenvalue weighted by atomic mass is 10.1. The summed E-state index contributed by atoms with van der Waals surface area (Å²) in [5, 5.41) is 11.5. The SMILES string of the molecule is CCC(C)C(=O)Nc1ccc(C#CCO)c(C)c1. The molecule has 0 aliphatic rings. The molecule has 1 aromatic rings. The lowest BCUT2D eigenvalue weighted by Gasteiger charge is -2.11. The van der Waals surface area contributed by atoms with E-state index in [1.807, 2.05) is 39.0 Å². The molecule has 1 rings (SSSR count). The van der Waals surface area contributed by atoms with Crippen molar-refractivity contribution >= 4 is 11.6 Å². The van der Waals surface area contributed by atoms with Gasteiger partial charge in [0.15, 0.2) is 0 Å². The Bertz CT molecular complexity index is 483. The van der Waals surface area contributed by atoms with Crippen LogP contribution in [0.2, 0.25) is 0 Å². The fourth-order valence-electron chi connectivity index (χ4n) is 1.47. The highest BCUT2D eigenvalue weighted by molar-refractivity contribution is 5.92. The predicted molar refractivity (Wildman–Crippen MR) is 73.2 cm³/mol. The first-order valence-corrected chi connectivity index (χ1v) is 6.09. The number of amides is 1. The van der Waals surface area contributed by atoms with Crippen molar-refractivity contribution in [2.24, 2.45) is 5.92 Å². The Morgan fingerprint density at radius 3 is 2.78 bits per heavy atom. The summed E-state index contributed by atoms with van der Waals surface area (Å²) in [6, 6.07) is 5.57. The highest BCUT2D eigenvalue weighted by atomic mass is 16.2. The molecule has 1 amide bonds. The van der Waals surface area contributed by atoms with Crippen molar-refractivity contribution in [3.05, 3.63) is 29.3 Å². The molecule has 0 aromatic heterocycles. The molecule has 3 nitrogen and oxygen atoms in total. The molecule has 0 saturated heterocycles. The van der Waals surface area contributed by atoms with Crippen molar-refractivity contribution in [3.8, 4) is 11.8 Å². The van der Waals surface area contributed by atoms with Crippen LogP contribution in [-0.4, -0.2) is 17.6 Å². The number of aryl methyl sites for hydroxylation is 1. The van der Waals surface area contributed by atoms with Gasteiger partial charge in [0.05, 0.1) is 0 Å². The van der Waals surface area contributed by atoms with Crippen molar-refractivity contribution in [2.75, 3.05) is 11.9 Å². The van der Waals surface area contributed by atoms with Gasteiger partial charge in [-0.2, -0.15) is 0 Å². The Hall–Kier alpha value is -1.79. The van der Waals surface area contributed by atoms with Crippen molar-refractivity contribution in [2.45, 2.75) is 27.2 Å². The first-order chi connectivity index (χ1) is 8.58. The normalized spacial score (nSPS) is 11.3. The lowest BCUT2D eigenvalue weighted by Crippen LogP contribution is -2.19. The summed E-state index contributed by atoms with van der Waals surface area (Å²) >= 11 is 0. The van der Waals surface area contributed by atoms with Crippen LogP contribution in [0.4, 0.5) is 5.69 Å². The van der Waals surface area contributed by atoms with Gasteiger partial charge in [-0.1, -0.05) is 25.7 Å². The number of hydrogen-bond donors (Lipinski definition) is 2. The van der Waals surface area contributed by atoms with Crippen LogP contribution >= 0.6 is 0 Å². The van der Waals surface area contributed by atoms with E-state index in [1.54, 1.807) is 0 Å². The molecule has 0 saturated carbocycles. The third-order valence-electron chi connectivity index (χ3n) is 2.86. The number of hydrogen-bond acceptors (Lipinski definition) is 2. The minimum absolute atomic E-state index is 0.0131. The molecule has 1 unspecified atom stereocenters. The fourth-order valence-corrected chi connectivity index (χ4v) is 1.47. The van der Waals surface area contributed by atoms with Gasteiger partial charge in [0, 0.05) is 17.2 Å². The fraction of sp³-hybridized carbons (Fsp3) is 0.400. The first kappa shape index (κ1) is 14.3. The predicted octanol–water partition coefficient (Wildman–Crippen LogP) is 2.32. The lowest BCUT2D eigenvalue weighted by molar-refractivity contribution is -0.119. The quantitative estimate of drug-likeness (QED) is 0.803. The van der Waals surface area contributed by atoms with Gasteiger partial charge >= 0.3 is 0 Å². The highest BCUT2D eigenvalue weighted by Crippen LogP contribution is 2.15. The maximum absolute atomic E-state index is 11.7. The monoisotopic (exact) mass is 245 g/mol. The van der Waals surface area contributed by atoms with Gasteiger partial charge in [-0.15, -0.1) is 0 Å². The largest absolute Gasteiger partial charge is 0.384 e. The molecule has 0 radical (unpaired) electrons. The van der Waals surface area contributed by atoms with Crippen LogP contribution in [0.5, 0.6) is 0 Å². The first-order valence-electron chi connectivity index (χ1n) is 6.09. The van der Waals surface area contributed by atoms with Gasteiger partial charge < -0.3 is 10.4 Å². The Kier molecular flexibility index (Phi) is 5.41. The van der Waals surface area contributed by atoms with E-state index in [1.165, 1.54) is 0 Å². The molecule has 1 atom stereocenters. The zero-order valence-electron chi connectivity index (χ0n) is 11.1. The summed E-state index contributed by atoms with van der Waals surface area (Å²) in [6.45, 7) is 5.68.